The smallest absolute Gasteiger partial charge is 0.870 e. The summed E-state index contributed by atoms with van der Waals surface area (Å²) in [6.07, 6.45) is 15.5. The summed E-state index contributed by atoms with van der Waals surface area (Å²) in [5, 5.41) is 12.0. The first-order valence-corrected chi connectivity index (χ1v) is 13.4. The summed E-state index contributed by atoms with van der Waals surface area (Å²) in [5.74, 6) is -0.255. The molecular formula is C26H37KO5S. The van der Waals surface area contributed by atoms with Crippen LogP contribution in [-0.4, -0.2) is 13.0 Å². The van der Waals surface area contributed by atoms with E-state index < -0.39 is 10.1 Å². The maximum atomic E-state index is 12.0. The van der Waals surface area contributed by atoms with Crippen LogP contribution in [0.5, 0.6) is 17.2 Å². The van der Waals surface area contributed by atoms with Gasteiger partial charge in [0.1, 0.15) is 10.6 Å². The van der Waals surface area contributed by atoms with E-state index in [0.29, 0.717) is 12.0 Å². The molecule has 0 saturated carbocycles. The Balaban J connectivity index is 0.00000544. The van der Waals surface area contributed by atoms with Gasteiger partial charge in [0.2, 0.25) is 0 Å². The summed E-state index contributed by atoms with van der Waals surface area (Å²) in [7, 11) is -4.47. The zero-order valence-electron chi connectivity index (χ0n) is 20.2. The minimum absolute atomic E-state index is 0. The Hall–Kier alpha value is -0.414. The van der Waals surface area contributed by atoms with E-state index in [9.17, 15) is 18.1 Å². The molecule has 0 aliphatic heterocycles. The van der Waals surface area contributed by atoms with Gasteiger partial charge in [0.25, 0.3) is 10.1 Å². The van der Waals surface area contributed by atoms with Crippen LogP contribution in [0.1, 0.15) is 89.5 Å². The van der Waals surface area contributed by atoms with Gasteiger partial charge in [-0.05, 0) is 30.5 Å². The molecule has 2 rings (SSSR count). The van der Waals surface area contributed by atoms with Crippen LogP contribution in [0.15, 0.2) is 47.4 Å². The molecule has 0 unspecified atom stereocenters. The van der Waals surface area contributed by atoms with Gasteiger partial charge in [-0.15, -0.1) is 0 Å². The Morgan fingerprint density at radius 1 is 0.788 bits per heavy atom. The third kappa shape index (κ3) is 11.7. The Morgan fingerprint density at radius 3 is 1.88 bits per heavy atom. The van der Waals surface area contributed by atoms with Gasteiger partial charge in [-0.1, -0.05) is 114 Å². The number of unbranched alkanes of at least 4 members (excludes halogenated alkanes) is 11. The fraction of sp³-hybridized carbons (Fsp3) is 0.538. The molecule has 7 heteroatoms. The first-order chi connectivity index (χ1) is 15.4. The van der Waals surface area contributed by atoms with Crippen molar-refractivity contribution in [2.24, 2.45) is 0 Å². The molecule has 178 valence electrons. The molecule has 0 fully saturated rings. The fourth-order valence-corrected chi connectivity index (χ4v) is 4.54. The molecule has 33 heavy (non-hydrogen) atoms. The van der Waals surface area contributed by atoms with Crippen molar-refractivity contribution in [3.8, 4) is 17.2 Å². The number of aryl methyl sites for hydroxylation is 1. The van der Waals surface area contributed by atoms with Gasteiger partial charge in [-0.25, -0.2) is 0 Å². The molecule has 0 saturated heterocycles. The predicted octanol–water partition coefficient (Wildman–Crippen LogP) is 4.05. The Morgan fingerprint density at radius 2 is 1.33 bits per heavy atom. The van der Waals surface area contributed by atoms with Crippen molar-refractivity contribution in [3.05, 3.63) is 48.0 Å². The van der Waals surface area contributed by atoms with Crippen molar-refractivity contribution in [2.75, 3.05) is 0 Å². The van der Waals surface area contributed by atoms with E-state index in [2.05, 4.69) is 6.92 Å². The van der Waals surface area contributed by atoms with Crippen molar-refractivity contribution in [1.29, 1.82) is 0 Å². The van der Waals surface area contributed by atoms with E-state index in [1.807, 2.05) is 0 Å². The summed E-state index contributed by atoms with van der Waals surface area (Å²) < 4.78 is 39.0. The molecule has 0 aromatic heterocycles. The van der Waals surface area contributed by atoms with Crippen molar-refractivity contribution >= 4 is 10.1 Å². The molecule has 0 spiro atoms. The van der Waals surface area contributed by atoms with Gasteiger partial charge in [0.05, 0.1) is 0 Å². The Labute approximate surface area is 242 Å². The van der Waals surface area contributed by atoms with E-state index in [1.54, 1.807) is 24.3 Å². The molecule has 0 aliphatic carbocycles. The molecule has 2 aromatic rings. The molecule has 0 atom stereocenters. The van der Waals surface area contributed by atoms with Crippen molar-refractivity contribution < 1.29 is 74.2 Å². The standard InChI is InChI=1S/C26H38O5S.K/c1-2-3-4-5-6-7-8-9-10-11-12-13-17-22-18-16-21-25(32(28,29)30)26(22)31-24-20-15-14-19-23(24)27;/h14-16,18-21,27H,2-13,17H2,1H3,(H,28,29,30);/q;+1/p-1. The van der Waals surface area contributed by atoms with Gasteiger partial charge in [0, 0.05) is 0 Å². The third-order valence-electron chi connectivity index (χ3n) is 5.70. The van der Waals surface area contributed by atoms with E-state index in [-0.39, 0.29) is 73.5 Å². The van der Waals surface area contributed by atoms with Crippen LogP contribution in [0.2, 0.25) is 0 Å². The number of para-hydroxylation sites is 3. The first-order valence-electron chi connectivity index (χ1n) is 12.0. The van der Waals surface area contributed by atoms with Crippen molar-refractivity contribution in [3.63, 3.8) is 0 Å². The number of rotatable bonds is 16. The van der Waals surface area contributed by atoms with Crippen LogP contribution in [-0.2, 0) is 16.5 Å². The van der Waals surface area contributed by atoms with Crippen LogP contribution in [0, 0.1) is 0 Å². The molecule has 2 aromatic carbocycles. The second kappa shape index (κ2) is 17.1. The Kier molecular flexibility index (Phi) is 15.9. The average molecular weight is 501 g/mol. The summed E-state index contributed by atoms with van der Waals surface area (Å²) >= 11 is 0. The van der Waals surface area contributed by atoms with Crippen molar-refractivity contribution in [1.82, 2.24) is 0 Å². The maximum Gasteiger partial charge on any atom is 1.00 e. The summed E-state index contributed by atoms with van der Waals surface area (Å²) in [6, 6.07) is 10.8. The molecule has 0 bridgehead atoms. The fourth-order valence-electron chi connectivity index (χ4n) is 3.88. The number of hydrogen-bond donors (Lipinski definition) is 1. The molecule has 1 N–H and O–H groups in total. The minimum Gasteiger partial charge on any atom is -0.870 e. The number of benzene rings is 2. The molecule has 0 amide bonds. The average Bonchev–Trinajstić information content (AvgIpc) is 2.76. The van der Waals surface area contributed by atoms with Crippen LogP contribution >= 0.6 is 0 Å². The molecule has 0 aliphatic rings. The largest absolute Gasteiger partial charge is 1.00 e. The molecule has 5 nitrogen and oxygen atoms in total. The molecular weight excluding hydrogens is 463 g/mol. The van der Waals surface area contributed by atoms with Gasteiger partial charge < -0.3 is 9.84 Å². The second-order valence-corrected chi connectivity index (χ2v) is 9.80. The number of hydrogen-bond acceptors (Lipinski definition) is 4. The van der Waals surface area contributed by atoms with E-state index in [4.69, 9.17) is 4.74 Å². The van der Waals surface area contributed by atoms with E-state index in [1.165, 1.54) is 76.0 Å². The SMILES string of the molecule is CCCCCCCCCCCCCCc1cccc(S(=O)(=O)O)c1Oc1ccccc1[O-].[K+]. The topological polar surface area (TPSA) is 86.7 Å². The zero-order chi connectivity index (χ0) is 23.2. The van der Waals surface area contributed by atoms with Gasteiger partial charge in [-0.3, -0.25) is 4.55 Å². The van der Waals surface area contributed by atoms with E-state index in [0.717, 1.165) is 19.3 Å². The quantitative estimate of drug-likeness (QED) is 0.213. The molecule has 0 heterocycles. The van der Waals surface area contributed by atoms with Gasteiger partial charge in [-0.2, -0.15) is 8.42 Å². The number of ether oxygens (including phenoxy) is 1. The van der Waals surface area contributed by atoms with Crippen LogP contribution < -0.4 is 61.2 Å². The summed E-state index contributed by atoms with van der Waals surface area (Å²) in [4.78, 5) is -0.308. The van der Waals surface area contributed by atoms with Crippen LogP contribution in [0.4, 0.5) is 0 Å². The summed E-state index contributed by atoms with van der Waals surface area (Å²) in [5.41, 5.74) is 0.676. The normalized spacial score (nSPS) is 11.2. The van der Waals surface area contributed by atoms with Crippen LogP contribution in [0.25, 0.3) is 0 Å². The predicted molar refractivity (Wildman–Crippen MR) is 127 cm³/mol. The maximum absolute atomic E-state index is 12.0. The minimum atomic E-state index is -4.47. The van der Waals surface area contributed by atoms with Crippen LogP contribution in [0.3, 0.4) is 0 Å². The summed E-state index contributed by atoms with van der Waals surface area (Å²) in [6.45, 7) is 2.24. The second-order valence-electron chi connectivity index (χ2n) is 8.41. The third-order valence-corrected chi connectivity index (χ3v) is 6.58. The first kappa shape index (κ1) is 30.6. The van der Waals surface area contributed by atoms with Crippen molar-refractivity contribution in [2.45, 2.75) is 95.3 Å². The Bertz CT molecular complexity index is 915. The monoisotopic (exact) mass is 500 g/mol. The zero-order valence-corrected chi connectivity index (χ0v) is 24.2. The molecule has 0 radical (unpaired) electrons. The van der Waals surface area contributed by atoms with Gasteiger partial charge in [0.15, 0.2) is 5.75 Å². The van der Waals surface area contributed by atoms with Gasteiger partial charge >= 0.3 is 51.4 Å². The van der Waals surface area contributed by atoms with E-state index >= 15 is 0 Å².